The Morgan fingerprint density at radius 3 is 2.87 bits per heavy atom. The summed E-state index contributed by atoms with van der Waals surface area (Å²) < 4.78 is 5.20. The quantitative estimate of drug-likeness (QED) is 0.690. The molecule has 1 aromatic rings. The molecule has 0 spiro atoms. The molecule has 0 bridgehead atoms. The lowest BCUT2D eigenvalue weighted by molar-refractivity contribution is 0.275. The Morgan fingerprint density at radius 1 is 1.53 bits per heavy atom. The Balaban J connectivity index is 2.53. The summed E-state index contributed by atoms with van der Waals surface area (Å²) in [6.07, 6.45) is 0. The first kappa shape index (κ1) is 10.7. The highest BCUT2D eigenvalue weighted by Gasteiger charge is 2.29. The number of rotatable bonds is 2. The maximum absolute atomic E-state index is 9.64. The van der Waals surface area contributed by atoms with E-state index < -0.39 is 7.12 Å². The summed E-state index contributed by atoms with van der Waals surface area (Å²) in [5, 5.41) is 9.64. The van der Waals surface area contributed by atoms with Gasteiger partial charge in [0, 0.05) is 6.54 Å². The Labute approximate surface area is 90.4 Å². The molecule has 2 rings (SSSR count). The van der Waals surface area contributed by atoms with Crippen molar-refractivity contribution >= 4 is 12.6 Å². The monoisotopic (exact) mass is 205 g/mol. The molecule has 0 atom stereocenters. The highest BCUT2D eigenvalue weighted by Crippen LogP contribution is 2.21. The van der Waals surface area contributed by atoms with Crippen molar-refractivity contribution in [2.75, 3.05) is 0 Å². The van der Waals surface area contributed by atoms with Crippen molar-refractivity contribution in [3.8, 4) is 0 Å². The Hall–Kier alpha value is -0.835. The van der Waals surface area contributed by atoms with Crippen molar-refractivity contribution in [1.29, 1.82) is 0 Å². The van der Waals surface area contributed by atoms with Crippen LogP contribution in [0.2, 0.25) is 0 Å². The van der Waals surface area contributed by atoms with Crippen LogP contribution in [0.3, 0.4) is 0 Å². The van der Waals surface area contributed by atoms with Crippen molar-refractivity contribution in [3.05, 3.63) is 28.8 Å². The second kappa shape index (κ2) is 3.97. The van der Waals surface area contributed by atoms with Gasteiger partial charge in [-0.05, 0) is 28.1 Å². The zero-order chi connectivity index (χ0) is 11.0. The molecule has 80 valence electrons. The van der Waals surface area contributed by atoms with Crippen LogP contribution in [-0.4, -0.2) is 12.1 Å². The van der Waals surface area contributed by atoms with Gasteiger partial charge in [-0.1, -0.05) is 26.0 Å². The molecule has 0 saturated carbocycles. The van der Waals surface area contributed by atoms with Crippen LogP contribution in [0.1, 0.15) is 36.5 Å². The molecule has 3 nitrogen and oxygen atoms in total. The van der Waals surface area contributed by atoms with Gasteiger partial charge < -0.3 is 15.4 Å². The van der Waals surface area contributed by atoms with Gasteiger partial charge >= 0.3 is 7.12 Å². The highest BCUT2D eigenvalue weighted by atomic mass is 16.5. The minimum Gasteiger partial charge on any atom is -0.423 e. The molecule has 0 amide bonds. The smallest absolute Gasteiger partial charge is 0.423 e. The maximum Gasteiger partial charge on any atom is 0.491 e. The number of hydrogen-bond acceptors (Lipinski definition) is 3. The van der Waals surface area contributed by atoms with E-state index in [4.69, 9.17) is 10.4 Å². The number of benzene rings is 1. The van der Waals surface area contributed by atoms with Crippen LogP contribution >= 0.6 is 0 Å². The van der Waals surface area contributed by atoms with E-state index in [9.17, 15) is 5.02 Å². The molecule has 0 aromatic heterocycles. The van der Waals surface area contributed by atoms with Crippen LogP contribution in [0.15, 0.2) is 12.1 Å². The summed E-state index contributed by atoms with van der Waals surface area (Å²) in [5.74, 6) is 0.438. The van der Waals surface area contributed by atoms with E-state index in [2.05, 4.69) is 19.9 Å². The first-order valence-corrected chi connectivity index (χ1v) is 5.28. The van der Waals surface area contributed by atoms with Crippen LogP contribution in [0, 0.1) is 0 Å². The van der Waals surface area contributed by atoms with Crippen molar-refractivity contribution in [2.45, 2.75) is 32.9 Å². The molecule has 3 N–H and O–H groups in total. The van der Waals surface area contributed by atoms with E-state index in [1.165, 1.54) is 5.56 Å². The third kappa shape index (κ3) is 1.80. The van der Waals surface area contributed by atoms with Gasteiger partial charge in [0.25, 0.3) is 0 Å². The number of fused-ring (bicyclic) bond motifs is 1. The fourth-order valence-corrected chi connectivity index (χ4v) is 1.95. The van der Waals surface area contributed by atoms with Crippen molar-refractivity contribution in [2.24, 2.45) is 5.73 Å². The molecule has 4 heteroatoms. The van der Waals surface area contributed by atoms with Crippen molar-refractivity contribution < 1.29 is 9.68 Å². The molecular weight excluding hydrogens is 189 g/mol. The van der Waals surface area contributed by atoms with Crippen molar-refractivity contribution in [3.63, 3.8) is 0 Å². The molecular formula is C11H16BNO2. The predicted octanol–water partition coefficient (Wildman–Crippen LogP) is 0.486. The van der Waals surface area contributed by atoms with Crippen molar-refractivity contribution in [1.82, 2.24) is 0 Å². The molecule has 1 heterocycles. The van der Waals surface area contributed by atoms with Gasteiger partial charge in [-0.3, -0.25) is 0 Å². The summed E-state index contributed by atoms with van der Waals surface area (Å²) >= 11 is 0. The standard InChI is InChI=1S/C11H16BNO2/c1-7(2)8-3-9(5-13)10-6-15-12(14)11(10)4-8/h3-4,7,14H,5-6,13H2,1-2H3. The van der Waals surface area contributed by atoms with E-state index >= 15 is 0 Å². The SMILES string of the molecule is CC(C)c1cc(CN)c2c(c1)B(O)OC2. The van der Waals surface area contributed by atoms with Crippen LogP contribution in [-0.2, 0) is 17.8 Å². The Morgan fingerprint density at radius 2 is 2.27 bits per heavy atom. The summed E-state index contributed by atoms with van der Waals surface area (Å²) in [7, 11) is -0.774. The van der Waals surface area contributed by atoms with Crippen LogP contribution in [0.25, 0.3) is 0 Å². The topological polar surface area (TPSA) is 55.5 Å². The van der Waals surface area contributed by atoms with E-state index in [0.29, 0.717) is 19.1 Å². The lowest BCUT2D eigenvalue weighted by atomic mass is 9.76. The minimum atomic E-state index is -0.774. The summed E-state index contributed by atoms with van der Waals surface area (Å²) in [6, 6.07) is 4.14. The van der Waals surface area contributed by atoms with Gasteiger partial charge in [0.15, 0.2) is 0 Å². The Kier molecular flexibility index (Phi) is 2.82. The second-order valence-electron chi connectivity index (χ2n) is 4.27. The first-order chi connectivity index (χ1) is 7.13. The maximum atomic E-state index is 9.64. The van der Waals surface area contributed by atoms with E-state index in [1.807, 2.05) is 6.07 Å². The fourth-order valence-electron chi connectivity index (χ4n) is 1.95. The normalized spacial score (nSPS) is 14.9. The third-order valence-corrected chi connectivity index (χ3v) is 2.94. The molecule has 15 heavy (non-hydrogen) atoms. The van der Waals surface area contributed by atoms with Crippen LogP contribution in [0.5, 0.6) is 0 Å². The van der Waals surface area contributed by atoms with E-state index in [1.54, 1.807) is 0 Å². The summed E-state index contributed by atoms with van der Waals surface area (Å²) in [5.41, 5.74) is 9.95. The largest absolute Gasteiger partial charge is 0.491 e. The van der Waals surface area contributed by atoms with Gasteiger partial charge in [0.05, 0.1) is 6.61 Å². The summed E-state index contributed by atoms with van der Waals surface area (Å²) in [6.45, 7) is 5.23. The lowest BCUT2D eigenvalue weighted by Crippen LogP contribution is -2.29. The first-order valence-electron chi connectivity index (χ1n) is 5.28. The van der Waals surface area contributed by atoms with Gasteiger partial charge in [0.1, 0.15) is 0 Å². The zero-order valence-corrected chi connectivity index (χ0v) is 9.16. The molecule has 0 radical (unpaired) electrons. The van der Waals surface area contributed by atoms with Crippen LogP contribution < -0.4 is 11.2 Å². The number of hydrogen-bond donors (Lipinski definition) is 2. The fraction of sp³-hybridized carbons (Fsp3) is 0.455. The van der Waals surface area contributed by atoms with Gasteiger partial charge in [-0.2, -0.15) is 0 Å². The third-order valence-electron chi connectivity index (χ3n) is 2.94. The van der Waals surface area contributed by atoms with E-state index in [-0.39, 0.29) is 0 Å². The summed E-state index contributed by atoms with van der Waals surface area (Å²) in [4.78, 5) is 0. The molecule has 0 aliphatic carbocycles. The van der Waals surface area contributed by atoms with E-state index in [0.717, 1.165) is 16.6 Å². The molecule has 1 aromatic carbocycles. The molecule has 0 saturated heterocycles. The van der Waals surface area contributed by atoms with Gasteiger partial charge in [0.2, 0.25) is 0 Å². The zero-order valence-electron chi connectivity index (χ0n) is 9.16. The molecule has 1 aliphatic rings. The minimum absolute atomic E-state index is 0.438. The number of nitrogens with two attached hydrogens (primary N) is 1. The van der Waals surface area contributed by atoms with Gasteiger partial charge in [-0.15, -0.1) is 0 Å². The average molecular weight is 205 g/mol. The second-order valence-corrected chi connectivity index (χ2v) is 4.27. The average Bonchev–Trinajstić information content (AvgIpc) is 2.59. The lowest BCUT2D eigenvalue weighted by Gasteiger charge is -2.12. The molecule has 1 aliphatic heterocycles. The molecule has 0 unspecified atom stereocenters. The van der Waals surface area contributed by atoms with Crippen LogP contribution in [0.4, 0.5) is 0 Å². The predicted molar refractivity (Wildman–Crippen MR) is 60.8 cm³/mol. The molecule has 0 fully saturated rings. The Bertz CT molecular complexity index is 379. The van der Waals surface area contributed by atoms with Gasteiger partial charge in [-0.25, -0.2) is 0 Å². The highest BCUT2D eigenvalue weighted by molar-refractivity contribution is 6.61.